The predicted molar refractivity (Wildman–Crippen MR) is 27.2 cm³/mol. The van der Waals surface area contributed by atoms with Gasteiger partial charge in [0.1, 0.15) is 6.54 Å². The van der Waals surface area contributed by atoms with Crippen LogP contribution in [0.3, 0.4) is 0 Å². The molecule has 46 valence electrons. The summed E-state index contributed by atoms with van der Waals surface area (Å²) in [6.07, 6.45) is -0.191. The molecule has 1 amide bonds. The summed E-state index contributed by atoms with van der Waals surface area (Å²) in [5.74, 6) is 0.122. The second kappa shape index (κ2) is 2.24. The van der Waals surface area contributed by atoms with E-state index in [0.29, 0.717) is 6.61 Å². The van der Waals surface area contributed by atoms with Gasteiger partial charge in [-0.1, -0.05) is 0 Å². The molecule has 8 heavy (non-hydrogen) atoms. The van der Waals surface area contributed by atoms with Crippen molar-refractivity contribution in [3.63, 3.8) is 0 Å². The normalized spacial score (nSPS) is 30.6. The van der Waals surface area contributed by atoms with Gasteiger partial charge in [-0.2, -0.15) is 0 Å². The van der Waals surface area contributed by atoms with Crippen LogP contribution >= 0.6 is 0 Å². The van der Waals surface area contributed by atoms with Crippen LogP contribution in [0.25, 0.3) is 0 Å². The van der Waals surface area contributed by atoms with E-state index in [0.717, 1.165) is 6.54 Å². The van der Waals surface area contributed by atoms with Crippen molar-refractivity contribution < 1.29 is 14.8 Å². The largest absolute Gasteiger partial charge is 0.358 e. The van der Waals surface area contributed by atoms with Crippen molar-refractivity contribution in [1.29, 1.82) is 0 Å². The quantitative estimate of drug-likeness (QED) is 0.418. The number of quaternary nitrogens is 1. The molecule has 0 bridgehead atoms. The number of nitrogens with two attached hydrogens (primary N) is 1. The fourth-order valence-electron chi connectivity index (χ4n) is 0.694. The Bertz CT molecular complexity index is 103. The van der Waals surface area contributed by atoms with Crippen molar-refractivity contribution in [3.05, 3.63) is 0 Å². The van der Waals surface area contributed by atoms with Crippen molar-refractivity contribution in [2.45, 2.75) is 13.0 Å². The molecule has 1 aliphatic heterocycles. The first-order valence-corrected chi connectivity index (χ1v) is 2.79. The van der Waals surface area contributed by atoms with Crippen LogP contribution in [-0.2, 0) is 9.53 Å². The summed E-state index contributed by atoms with van der Waals surface area (Å²) in [5.41, 5.74) is 0. The van der Waals surface area contributed by atoms with Gasteiger partial charge in [-0.15, -0.1) is 0 Å². The fraction of sp³-hybridized carbons (Fsp3) is 0.800. The highest BCUT2D eigenvalue weighted by Crippen LogP contribution is 1.88. The predicted octanol–water partition coefficient (Wildman–Crippen LogP) is -1.50. The lowest BCUT2D eigenvalue weighted by Gasteiger charge is -2.13. The number of hydrogen-bond acceptors (Lipinski definition) is 2. The fourth-order valence-corrected chi connectivity index (χ4v) is 0.694. The van der Waals surface area contributed by atoms with Gasteiger partial charge < -0.3 is 4.74 Å². The van der Waals surface area contributed by atoms with Gasteiger partial charge in [0.25, 0.3) is 0 Å². The number of carbonyl (C=O) groups is 1. The van der Waals surface area contributed by atoms with Crippen molar-refractivity contribution >= 4 is 5.91 Å². The first-order chi connectivity index (χ1) is 3.80. The molecule has 0 aliphatic carbocycles. The minimum atomic E-state index is -0.191. The third-order valence-corrected chi connectivity index (χ3v) is 1.23. The third kappa shape index (κ3) is 1.05. The Balaban J connectivity index is 2.39. The molecule has 1 atom stereocenters. The van der Waals surface area contributed by atoms with Crippen LogP contribution in [0.4, 0.5) is 0 Å². The zero-order chi connectivity index (χ0) is 5.98. The number of amides is 1. The minimum Gasteiger partial charge on any atom is -0.358 e. The van der Waals surface area contributed by atoms with Crippen molar-refractivity contribution in [3.8, 4) is 0 Å². The monoisotopic (exact) mass is 116 g/mol. The van der Waals surface area contributed by atoms with E-state index in [2.05, 4.69) is 0 Å². The third-order valence-electron chi connectivity index (χ3n) is 1.23. The molecular weight excluding hydrogens is 106 g/mol. The van der Waals surface area contributed by atoms with E-state index in [9.17, 15) is 4.79 Å². The second-order valence-corrected chi connectivity index (χ2v) is 1.91. The van der Waals surface area contributed by atoms with Gasteiger partial charge in [0, 0.05) is 0 Å². The zero-order valence-electron chi connectivity index (χ0n) is 4.89. The summed E-state index contributed by atoms with van der Waals surface area (Å²) in [5, 5.41) is 1.69. The van der Waals surface area contributed by atoms with Gasteiger partial charge in [0.15, 0.2) is 6.10 Å². The average molecular weight is 116 g/mol. The molecule has 2 N–H and O–H groups in total. The maximum Gasteiger partial charge on any atom is 0.339 e. The van der Waals surface area contributed by atoms with E-state index < -0.39 is 0 Å². The summed E-state index contributed by atoms with van der Waals surface area (Å²) in [6.45, 7) is 3.26. The van der Waals surface area contributed by atoms with E-state index in [1.165, 1.54) is 0 Å². The Morgan fingerprint density at radius 1 is 1.88 bits per heavy atom. The standard InChI is InChI=1S/C5H9NO2/c1-4-5(7)6-2-3-8-4/h4H,2-3H2,1H3,(H,6,7)/p+1/t4-/m1/s1. The highest BCUT2D eigenvalue weighted by molar-refractivity contribution is 5.70. The van der Waals surface area contributed by atoms with Crippen LogP contribution in [0.1, 0.15) is 6.92 Å². The molecule has 3 heteroatoms. The van der Waals surface area contributed by atoms with Gasteiger partial charge in [0.05, 0.1) is 6.61 Å². The molecule has 1 fully saturated rings. The maximum atomic E-state index is 10.6. The molecule has 1 aliphatic rings. The van der Waals surface area contributed by atoms with Gasteiger partial charge >= 0.3 is 5.91 Å². The molecule has 0 saturated carbocycles. The van der Waals surface area contributed by atoms with Crippen LogP contribution in [0, 0.1) is 0 Å². The Hall–Kier alpha value is -0.410. The number of ether oxygens (including phenoxy) is 1. The lowest BCUT2D eigenvalue weighted by molar-refractivity contribution is -0.586. The molecule has 0 unspecified atom stereocenters. The van der Waals surface area contributed by atoms with Gasteiger partial charge in [-0.25, -0.2) is 4.79 Å². The van der Waals surface area contributed by atoms with Crippen LogP contribution in [0.2, 0.25) is 0 Å². The van der Waals surface area contributed by atoms with E-state index in [1.54, 1.807) is 12.2 Å². The summed E-state index contributed by atoms with van der Waals surface area (Å²) in [4.78, 5) is 10.6. The van der Waals surface area contributed by atoms with Gasteiger partial charge in [-0.05, 0) is 6.92 Å². The summed E-state index contributed by atoms with van der Waals surface area (Å²) in [7, 11) is 0. The van der Waals surface area contributed by atoms with Gasteiger partial charge in [-0.3, -0.25) is 5.32 Å². The SMILES string of the molecule is C[C@H]1OCC[NH2+]C1=O. The zero-order valence-corrected chi connectivity index (χ0v) is 4.89. The number of carbonyl (C=O) groups excluding carboxylic acids is 1. The molecule has 0 aromatic heterocycles. The Kier molecular flexibility index (Phi) is 1.60. The Labute approximate surface area is 48.0 Å². The smallest absolute Gasteiger partial charge is 0.339 e. The molecule has 0 aromatic rings. The molecule has 1 saturated heterocycles. The van der Waals surface area contributed by atoms with E-state index in [-0.39, 0.29) is 12.0 Å². The number of hydrogen-bond donors (Lipinski definition) is 1. The first kappa shape index (κ1) is 5.72. The van der Waals surface area contributed by atoms with Crippen LogP contribution in [0.5, 0.6) is 0 Å². The van der Waals surface area contributed by atoms with Crippen LogP contribution < -0.4 is 5.32 Å². The number of rotatable bonds is 0. The minimum absolute atomic E-state index is 0.122. The number of primary amides is 1. The topological polar surface area (TPSA) is 42.9 Å². The van der Waals surface area contributed by atoms with Crippen molar-refractivity contribution in [1.82, 2.24) is 0 Å². The molecule has 1 heterocycles. The molecule has 0 aromatic carbocycles. The van der Waals surface area contributed by atoms with Crippen LogP contribution in [0.15, 0.2) is 0 Å². The van der Waals surface area contributed by atoms with E-state index in [4.69, 9.17) is 4.74 Å². The molecular formula is C5H10NO2+. The van der Waals surface area contributed by atoms with Crippen molar-refractivity contribution in [2.75, 3.05) is 13.2 Å². The van der Waals surface area contributed by atoms with E-state index >= 15 is 0 Å². The second-order valence-electron chi connectivity index (χ2n) is 1.91. The van der Waals surface area contributed by atoms with Crippen LogP contribution in [-0.4, -0.2) is 25.2 Å². The highest BCUT2D eigenvalue weighted by atomic mass is 16.5. The summed E-state index contributed by atoms with van der Waals surface area (Å²) in [6, 6.07) is 0. The molecule has 0 radical (unpaired) electrons. The molecule has 0 spiro atoms. The first-order valence-electron chi connectivity index (χ1n) is 2.79. The Morgan fingerprint density at radius 3 is 3.00 bits per heavy atom. The van der Waals surface area contributed by atoms with E-state index in [1.807, 2.05) is 0 Å². The highest BCUT2D eigenvalue weighted by Gasteiger charge is 2.21. The lowest BCUT2D eigenvalue weighted by atomic mass is 10.3. The summed E-state index contributed by atoms with van der Waals surface area (Å²) < 4.78 is 5.01. The molecule has 1 rings (SSSR count). The maximum absolute atomic E-state index is 10.6. The molecule has 3 nitrogen and oxygen atoms in total. The summed E-state index contributed by atoms with van der Waals surface area (Å²) >= 11 is 0. The van der Waals surface area contributed by atoms with Crippen molar-refractivity contribution in [2.24, 2.45) is 0 Å². The average Bonchev–Trinajstić information content (AvgIpc) is 1.77. The Morgan fingerprint density at radius 2 is 2.62 bits per heavy atom. The lowest BCUT2D eigenvalue weighted by Crippen LogP contribution is -2.93. The number of morpholine rings is 1. The van der Waals surface area contributed by atoms with Gasteiger partial charge in [0.2, 0.25) is 0 Å².